The van der Waals surface area contributed by atoms with Gasteiger partial charge in [0.15, 0.2) is 0 Å². The van der Waals surface area contributed by atoms with Gasteiger partial charge in [-0.3, -0.25) is 4.99 Å². The molecule has 0 heterocycles. The van der Waals surface area contributed by atoms with Gasteiger partial charge in [-0.15, -0.1) is 0 Å². The van der Waals surface area contributed by atoms with Gasteiger partial charge in [0.2, 0.25) is 0 Å². The van der Waals surface area contributed by atoms with Crippen LogP contribution in [0.5, 0.6) is 0 Å². The van der Waals surface area contributed by atoms with Gasteiger partial charge in [0.05, 0.1) is 0 Å². The van der Waals surface area contributed by atoms with Crippen molar-refractivity contribution in [1.29, 1.82) is 0 Å². The van der Waals surface area contributed by atoms with Crippen LogP contribution in [0.4, 0.5) is 5.69 Å². The lowest BCUT2D eigenvalue weighted by atomic mass is 10.0. The predicted molar refractivity (Wildman–Crippen MR) is 181 cm³/mol. The van der Waals surface area contributed by atoms with Gasteiger partial charge in [0.25, 0.3) is 0 Å². The van der Waals surface area contributed by atoms with Gasteiger partial charge >= 0.3 is 0 Å². The van der Waals surface area contributed by atoms with Crippen LogP contribution in [0.2, 0.25) is 0 Å². The lowest BCUT2D eigenvalue weighted by molar-refractivity contribution is 1.13. The molecule has 0 aliphatic rings. The van der Waals surface area contributed by atoms with Gasteiger partial charge in [-0.2, -0.15) is 0 Å². The van der Waals surface area contributed by atoms with Gasteiger partial charge in [-0.05, 0) is 114 Å². The van der Waals surface area contributed by atoms with E-state index in [4.69, 9.17) is 0 Å². The Balaban J connectivity index is 0.000000561. The summed E-state index contributed by atoms with van der Waals surface area (Å²) in [5, 5.41) is 0. The van der Waals surface area contributed by atoms with Crippen LogP contribution in [-0.2, 0) is 0 Å². The van der Waals surface area contributed by atoms with E-state index < -0.39 is 0 Å². The van der Waals surface area contributed by atoms with Crippen LogP contribution in [0.3, 0.4) is 0 Å². The number of anilines is 1. The monoisotopic (exact) mass is 542 g/mol. The maximum absolute atomic E-state index is 4.11. The number of hydrogen-bond acceptors (Lipinski definition) is 3. The van der Waals surface area contributed by atoms with E-state index in [2.05, 4.69) is 118 Å². The highest BCUT2D eigenvalue weighted by Crippen LogP contribution is 2.21. The molecule has 2 nitrogen and oxygen atoms in total. The average molecular weight is 543 g/mol. The molecule has 0 aromatic heterocycles. The molecule has 0 atom stereocenters. The Morgan fingerprint density at radius 2 is 1.38 bits per heavy atom. The first-order chi connectivity index (χ1) is 18.7. The van der Waals surface area contributed by atoms with Gasteiger partial charge in [-0.25, -0.2) is 0 Å². The summed E-state index contributed by atoms with van der Waals surface area (Å²) in [5.41, 5.74) is 9.91. The van der Waals surface area contributed by atoms with Gasteiger partial charge in [0, 0.05) is 23.3 Å². The van der Waals surface area contributed by atoms with E-state index in [9.17, 15) is 0 Å². The van der Waals surface area contributed by atoms with E-state index in [1.165, 1.54) is 38.3 Å². The largest absolute Gasteiger partial charge is 0.326 e. The molecule has 39 heavy (non-hydrogen) atoms. The fraction of sp³-hybridized carbons (Fsp3) is 0.306. The fourth-order valence-corrected chi connectivity index (χ4v) is 3.57. The Hall–Kier alpha value is -3.30. The first-order valence-electron chi connectivity index (χ1n) is 13.8. The zero-order valence-corrected chi connectivity index (χ0v) is 26.7. The number of nitrogens with one attached hydrogen (secondary N) is 1. The highest BCUT2D eigenvalue weighted by molar-refractivity contribution is 8.00. The third-order valence-corrected chi connectivity index (χ3v) is 6.32. The molecule has 3 aromatic rings. The summed E-state index contributed by atoms with van der Waals surface area (Å²) in [5.74, 6) is 0. The molecule has 0 aliphatic heterocycles. The zero-order valence-electron chi connectivity index (χ0n) is 25.9. The Morgan fingerprint density at radius 3 is 1.87 bits per heavy atom. The first-order valence-corrected chi connectivity index (χ1v) is 14.6. The first kappa shape index (κ1) is 35.7. The molecule has 3 rings (SSSR count). The van der Waals surface area contributed by atoms with Crippen molar-refractivity contribution in [3.63, 3.8) is 0 Å². The second kappa shape index (κ2) is 21.6. The molecule has 0 saturated carbocycles. The zero-order chi connectivity index (χ0) is 29.6. The number of hydrogen-bond donors (Lipinski definition) is 1. The molecule has 0 saturated heterocycles. The molecule has 0 radical (unpaired) electrons. The Labute approximate surface area is 244 Å². The molecule has 0 unspecified atom stereocenters. The summed E-state index contributed by atoms with van der Waals surface area (Å²) in [7, 11) is 0. The maximum atomic E-state index is 4.11. The second-order valence-electron chi connectivity index (χ2n) is 9.03. The number of benzene rings is 3. The molecule has 0 fully saturated rings. The minimum Gasteiger partial charge on any atom is -0.326 e. The molecule has 0 aliphatic carbocycles. The highest BCUT2D eigenvalue weighted by Gasteiger charge is 1.97. The number of allylic oxidation sites excluding steroid dienone is 5. The number of aliphatic imine (C=N–C) groups is 1. The molecule has 0 amide bonds. The number of nitrogens with zero attached hydrogens (tertiary/aromatic N) is 1. The van der Waals surface area contributed by atoms with Crippen LogP contribution in [-0.4, -0.2) is 12.8 Å². The third-order valence-electron chi connectivity index (χ3n) is 5.47. The van der Waals surface area contributed by atoms with E-state index in [0.717, 1.165) is 17.8 Å². The number of aryl methyl sites for hydroxylation is 3. The van der Waals surface area contributed by atoms with E-state index in [-0.39, 0.29) is 0 Å². The average Bonchev–Trinajstić information content (AvgIpc) is 2.94. The standard InChI is InChI=1S/C14H15NS.C12H14.C8H15N.C2H6/c1-11-3-7-13(8-4-11)15-16-14-9-5-12(2)6-10-14;1-4-7-10(2)12-9-6-5-8-11(12)3;1-5-9-6-8(4)7(2)3;1-2/h3-10,15H,1-2H3;4-9H,2H2,1,3H3;6H,5H2,1-4H3;1-2H3/b;7-4-;;. The van der Waals surface area contributed by atoms with Gasteiger partial charge in [0.1, 0.15) is 0 Å². The van der Waals surface area contributed by atoms with E-state index in [1.54, 1.807) is 11.9 Å². The Morgan fingerprint density at radius 1 is 0.846 bits per heavy atom. The summed E-state index contributed by atoms with van der Waals surface area (Å²) in [6, 6.07) is 25.2. The topological polar surface area (TPSA) is 24.4 Å². The minimum absolute atomic E-state index is 0.880. The lowest BCUT2D eigenvalue weighted by Gasteiger charge is -2.05. The molecule has 3 heteroatoms. The summed E-state index contributed by atoms with van der Waals surface area (Å²) in [6.45, 7) is 25.5. The van der Waals surface area contributed by atoms with Crippen molar-refractivity contribution in [3.8, 4) is 0 Å². The predicted octanol–water partition coefficient (Wildman–Crippen LogP) is 11.5. The highest BCUT2D eigenvalue weighted by atomic mass is 32.2. The summed E-state index contributed by atoms with van der Waals surface area (Å²) >= 11 is 1.64. The molecule has 3 aromatic carbocycles. The molecular formula is C36H50N2S. The Bertz CT molecular complexity index is 1120. The van der Waals surface area contributed by atoms with E-state index in [1.807, 2.05) is 58.2 Å². The van der Waals surface area contributed by atoms with E-state index >= 15 is 0 Å². The summed E-state index contributed by atoms with van der Waals surface area (Å²) in [4.78, 5) is 5.34. The van der Waals surface area contributed by atoms with Gasteiger partial charge in [-0.1, -0.05) is 97.8 Å². The maximum Gasteiger partial charge on any atom is 0.0443 e. The van der Waals surface area contributed by atoms with Crippen molar-refractivity contribution in [2.24, 2.45) is 4.99 Å². The molecule has 210 valence electrons. The van der Waals surface area contributed by atoms with Crippen molar-refractivity contribution in [2.75, 3.05) is 11.3 Å². The third kappa shape index (κ3) is 16.3. The van der Waals surface area contributed by atoms with Crippen molar-refractivity contribution in [2.45, 2.75) is 74.1 Å². The number of rotatable bonds is 7. The fourth-order valence-electron chi connectivity index (χ4n) is 2.93. The van der Waals surface area contributed by atoms with Gasteiger partial charge < -0.3 is 4.72 Å². The van der Waals surface area contributed by atoms with Crippen LogP contribution < -0.4 is 4.72 Å². The summed E-state index contributed by atoms with van der Waals surface area (Å²) < 4.78 is 3.32. The van der Waals surface area contributed by atoms with Crippen molar-refractivity contribution >= 4 is 29.4 Å². The van der Waals surface area contributed by atoms with Crippen molar-refractivity contribution in [1.82, 2.24) is 0 Å². The molecular weight excluding hydrogens is 492 g/mol. The quantitative estimate of drug-likeness (QED) is 0.182. The molecule has 0 bridgehead atoms. The van der Waals surface area contributed by atoms with Crippen molar-refractivity contribution < 1.29 is 0 Å². The van der Waals surface area contributed by atoms with Crippen LogP contribution in [0, 0.1) is 20.8 Å². The van der Waals surface area contributed by atoms with Crippen LogP contribution in [0.15, 0.2) is 113 Å². The Kier molecular flexibility index (Phi) is 19.8. The minimum atomic E-state index is 0.880. The lowest BCUT2D eigenvalue weighted by Crippen LogP contribution is -1.86. The van der Waals surface area contributed by atoms with Crippen LogP contribution in [0.1, 0.15) is 70.7 Å². The molecule has 1 N–H and O–H groups in total. The second-order valence-corrected chi connectivity index (χ2v) is 9.91. The smallest absolute Gasteiger partial charge is 0.0443 e. The molecule has 0 spiro atoms. The van der Waals surface area contributed by atoms with Crippen LogP contribution >= 0.6 is 11.9 Å². The van der Waals surface area contributed by atoms with E-state index in [0.29, 0.717) is 0 Å². The van der Waals surface area contributed by atoms with Crippen molar-refractivity contribution in [3.05, 3.63) is 125 Å². The SMILES string of the molecule is C=C(/C=C\C)c1ccccc1C.CC.CCN=CC(C)=C(C)C.Cc1ccc(NSc2ccc(C)cc2)cc1. The normalized spacial score (nSPS) is 9.90. The van der Waals surface area contributed by atoms with Crippen LogP contribution in [0.25, 0.3) is 5.57 Å². The summed E-state index contributed by atoms with van der Waals surface area (Å²) in [6.07, 6.45) is 5.96.